The molecule has 0 bridgehead atoms. The van der Waals surface area contributed by atoms with Gasteiger partial charge in [-0.15, -0.1) is 0 Å². The number of hydrogen-bond acceptors (Lipinski definition) is 4. The van der Waals surface area contributed by atoms with Crippen molar-refractivity contribution < 1.29 is 9.90 Å². The Labute approximate surface area is 143 Å². The van der Waals surface area contributed by atoms with E-state index >= 15 is 0 Å². The van der Waals surface area contributed by atoms with Crippen molar-refractivity contribution in [3.63, 3.8) is 0 Å². The number of aliphatic hydroxyl groups excluding tert-OH is 1. The zero-order valence-corrected chi connectivity index (χ0v) is 14.4. The first kappa shape index (κ1) is 17.2. The van der Waals surface area contributed by atoms with E-state index in [1.54, 1.807) is 10.9 Å². The van der Waals surface area contributed by atoms with Crippen LogP contribution in [0.3, 0.4) is 0 Å². The Balaban J connectivity index is 1.38. The lowest BCUT2D eigenvalue weighted by Gasteiger charge is -2.41. The summed E-state index contributed by atoms with van der Waals surface area (Å²) in [6, 6.07) is 2.31. The van der Waals surface area contributed by atoms with Gasteiger partial charge >= 0.3 is 6.03 Å². The van der Waals surface area contributed by atoms with Crippen LogP contribution in [-0.4, -0.2) is 57.1 Å². The second kappa shape index (κ2) is 7.98. The van der Waals surface area contributed by atoms with E-state index in [4.69, 9.17) is 0 Å². The third kappa shape index (κ3) is 4.27. The van der Waals surface area contributed by atoms with Gasteiger partial charge in [0, 0.05) is 38.4 Å². The van der Waals surface area contributed by atoms with Crippen LogP contribution < -0.4 is 10.6 Å². The van der Waals surface area contributed by atoms with Gasteiger partial charge in [-0.2, -0.15) is 5.10 Å². The van der Waals surface area contributed by atoms with Gasteiger partial charge in [0.2, 0.25) is 0 Å². The third-order valence-corrected chi connectivity index (χ3v) is 5.38. The average molecular weight is 335 g/mol. The molecule has 2 amide bonds. The predicted molar refractivity (Wildman–Crippen MR) is 91.4 cm³/mol. The first-order valence-corrected chi connectivity index (χ1v) is 9.07. The second-order valence-electron chi connectivity index (χ2n) is 7.00. The molecular weight excluding hydrogens is 306 g/mol. The third-order valence-electron chi connectivity index (χ3n) is 5.38. The van der Waals surface area contributed by atoms with Crippen molar-refractivity contribution in [1.29, 1.82) is 0 Å². The monoisotopic (exact) mass is 335 g/mol. The van der Waals surface area contributed by atoms with Crippen LogP contribution in [0.2, 0.25) is 0 Å². The van der Waals surface area contributed by atoms with Crippen LogP contribution in [0.5, 0.6) is 0 Å². The number of hydrogen-bond donors (Lipinski definition) is 3. The fourth-order valence-electron chi connectivity index (χ4n) is 3.88. The molecule has 1 aromatic rings. The number of likely N-dealkylation sites (tertiary alicyclic amines) is 1. The molecule has 7 nitrogen and oxygen atoms in total. The van der Waals surface area contributed by atoms with Crippen molar-refractivity contribution in [3.05, 3.63) is 18.0 Å². The van der Waals surface area contributed by atoms with Gasteiger partial charge in [0.1, 0.15) is 0 Å². The van der Waals surface area contributed by atoms with Crippen molar-refractivity contribution in [2.24, 2.45) is 7.05 Å². The zero-order valence-electron chi connectivity index (χ0n) is 14.4. The fourth-order valence-corrected chi connectivity index (χ4v) is 3.88. The van der Waals surface area contributed by atoms with Crippen molar-refractivity contribution in [3.8, 4) is 0 Å². The largest absolute Gasteiger partial charge is 0.391 e. The lowest BCUT2D eigenvalue weighted by atomic mass is 9.89. The number of nitrogens with zero attached hydrogens (tertiary/aromatic N) is 3. The summed E-state index contributed by atoms with van der Waals surface area (Å²) < 4.78 is 1.76. The summed E-state index contributed by atoms with van der Waals surface area (Å²) in [5.74, 6) is 0. The summed E-state index contributed by atoms with van der Waals surface area (Å²) in [7, 11) is 1.87. The summed E-state index contributed by atoms with van der Waals surface area (Å²) in [5, 5.41) is 20.2. The Morgan fingerprint density at radius 2 is 2.04 bits per heavy atom. The summed E-state index contributed by atoms with van der Waals surface area (Å²) in [6.07, 6.45) is 7.84. The number of urea groups is 1. The van der Waals surface area contributed by atoms with E-state index in [2.05, 4.69) is 20.6 Å². The Kier molecular flexibility index (Phi) is 5.73. The molecule has 0 aromatic carbocycles. The summed E-state index contributed by atoms with van der Waals surface area (Å²) in [5.41, 5.74) is 0.978. The van der Waals surface area contributed by atoms with Crippen molar-refractivity contribution in [1.82, 2.24) is 25.3 Å². The number of rotatable bonds is 4. The summed E-state index contributed by atoms with van der Waals surface area (Å²) in [4.78, 5) is 14.5. The molecule has 1 saturated heterocycles. The predicted octanol–water partition coefficient (Wildman–Crippen LogP) is 0.987. The highest BCUT2D eigenvalue weighted by Crippen LogP contribution is 2.25. The zero-order chi connectivity index (χ0) is 16.9. The van der Waals surface area contributed by atoms with Gasteiger partial charge in [0.25, 0.3) is 0 Å². The van der Waals surface area contributed by atoms with E-state index in [9.17, 15) is 9.90 Å². The molecule has 2 unspecified atom stereocenters. The van der Waals surface area contributed by atoms with Crippen molar-refractivity contribution in [2.45, 2.75) is 63.3 Å². The molecule has 7 heteroatoms. The molecule has 24 heavy (non-hydrogen) atoms. The van der Waals surface area contributed by atoms with Crippen LogP contribution in [0.25, 0.3) is 0 Å². The Hall–Kier alpha value is -1.60. The SMILES string of the molecule is Cn1nccc1CNC(=O)NC1CCN(C2CCCCC2O)CC1. The number of carbonyl (C=O) groups excluding carboxylic acids is 1. The van der Waals surface area contributed by atoms with Crippen LogP contribution in [-0.2, 0) is 13.6 Å². The highest BCUT2D eigenvalue weighted by Gasteiger charge is 2.31. The average Bonchev–Trinajstić information content (AvgIpc) is 2.99. The molecule has 0 radical (unpaired) electrons. The standard InChI is InChI=1S/C17H29N5O2/c1-21-14(6-9-19-21)12-18-17(24)20-13-7-10-22(11-8-13)15-4-2-3-5-16(15)23/h6,9,13,15-16,23H,2-5,7-8,10-12H2,1H3,(H2,18,20,24). The number of amides is 2. The maximum Gasteiger partial charge on any atom is 0.315 e. The van der Waals surface area contributed by atoms with Gasteiger partial charge in [0.05, 0.1) is 18.3 Å². The molecule has 2 atom stereocenters. The van der Waals surface area contributed by atoms with Gasteiger partial charge in [-0.3, -0.25) is 9.58 Å². The number of nitrogens with one attached hydrogen (secondary N) is 2. The van der Waals surface area contributed by atoms with Crippen LogP contribution in [0.15, 0.2) is 12.3 Å². The van der Waals surface area contributed by atoms with Crippen LogP contribution in [0.1, 0.15) is 44.2 Å². The first-order valence-electron chi connectivity index (χ1n) is 9.07. The van der Waals surface area contributed by atoms with Gasteiger partial charge in [-0.25, -0.2) is 4.79 Å². The van der Waals surface area contributed by atoms with Gasteiger partial charge in [-0.05, 0) is 31.7 Å². The molecule has 1 aliphatic heterocycles. The maximum absolute atomic E-state index is 12.0. The molecule has 2 aliphatic rings. The summed E-state index contributed by atoms with van der Waals surface area (Å²) in [6.45, 7) is 2.39. The minimum Gasteiger partial charge on any atom is -0.391 e. The van der Waals surface area contributed by atoms with Gasteiger partial charge in [0.15, 0.2) is 0 Å². The Morgan fingerprint density at radius 3 is 2.71 bits per heavy atom. The number of aryl methyl sites for hydroxylation is 1. The van der Waals surface area contributed by atoms with E-state index in [1.165, 1.54) is 6.42 Å². The molecule has 134 valence electrons. The molecule has 1 saturated carbocycles. The van der Waals surface area contributed by atoms with Crippen LogP contribution in [0, 0.1) is 0 Å². The Bertz CT molecular complexity index is 539. The van der Waals surface area contributed by atoms with E-state index in [0.29, 0.717) is 12.6 Å². The minimum atomic E-state index is -0.176. The first-order chi connectivity index (χ1) is 11.6. The molecule has 1 aromatic heterocycles. The number of aliphatic hydroxyl groups is 1. The number of carbonyl (C=O) groups is 1. The smallest absolute Gasteiger partial charge is 0.315 e. The molecule has 0 spiro atoms. The topological polar surface area (TPSA) is 82.4 Å². The van der Waals surface area contributed by atoms with E-state index in [1.807, 2.05) is 13.1 Å². The lowest BCUT2D eigenvalue weighted by Crippen LogP contribution is -2.53. The molecule has 2 fully saturated rings. The fraction of sp³-hybridized carbons (Fsp3) is 0.765. The second-order valence-corrected chi connectivity index (χ2v) is 7.00. The molecule has 2 heterocycles. The quantitative estimate of drug-likeness (QED) is 0.766. The normalized spacial score (nSPS) is 26.2. The molecular formula is C17H29N5O2. The van der Waals surface area contributed by atoms with Crippen LogP contribution >= 0.6 is 0 Å². The van der Waals surface area contributed by atoms with Gasteiger partial charge < -0.3 is 15.7 Å². The van der Waals surface area contributed by atoms with Gasteiger partial charge in [-0.1, -0.05) is 12.8 Å². The van der Waals surface area contributed by atoms with E-state index in [0.717, 1.165) is 50.9 Å². The van der Waals surface area contributed by atoms with Crippen molar-refractivity contribution in [2.75, 3.05) is 13.1 Å². The molecule has 3 N–H and O–H groups in total. The van der Waals surface area contributed by atoms with E-state index < -0.39 is 0 Å². The highest BCUT2D eigenvalue weighted by molar-refractivity contribution is 5.74. The number of aromatic nitrogens is 2. The van der Waals surface area contributed by atoms with E-state index in [-0.39, 0.29) is 18.2 Å². The maximum atomic E-state index is 12.0. The molecule has 1 aliphatic carbocycles. The minimum absolute atomic E-state index is 0.118. The van der Waals surface area contributed by atoms with Crippen LogP contribution in [0.4, 0.5) is 4.79 Å². The molecule has 3 rings (SSSR count). The highest BCUT2D eigenvalue weighted by atomic mass is 16.3. The van der Waals surface area contributed by atoms with Crippen molar-refractivity contribution >= 4 is 6.03 Å². The Morgan fingerprint density at radius 1 is 1.29 bits per heavy atom. The lowest BCUT2D eigenvalue weighted by molar-refractivity contribution is 0.00777. The summed E-state index contributed by atoms with van der Waals surface area (Å²) >= 11 is 0. The number of piperidine rings is 1.